The quantitative estimate of drug-likeness (QED) is 0.631. The Bertz CT molecular complexity index is 916. The van der Waals surface area contributed by atoms with Crippen LogP contribution in [-0.2, 0) is 0 Å². The number of benzene rings is 2. The smallest absolute Gasteiger partial charge is 0.198 e. The van der Waals surface area contributed by atoms with Crippen LogP contribution in [0, 0.1) is 6.92 Å². The Morgan fingerprint density at radius 1 is 1.00 bits per heavy atom. The number of aromatic amines is 1. The van der Waals surface area contributed by atoms with Crippen LogP contribution in [0.1, 0.15) is 36.8 Å². The standard InChI is InChI=1S/C22H25N3O/c1-16-7-6-8-20-21(16)19(22(26)24-20)15-23-17-9-11-18(12-10-17)25-13-4-2-3-5-14-25/h6-12,15,24,26H,2-5,13-14H2,1H3. The van der Waals surface area contributed by atoms with Gasteiger partial charge in [-0.2, -0.15) is 0 Å². The summed E-state index contributed by atoms with van der Waals surface area (Å²) in [5, 5.41) is 11.2. The van der Waals surface area contributed by atoms with E-state index in [1.54, 1.807) is 6.21 Å². The number of fused-ring (bicyclic) bond motifs is 1. The molecule has 0 radical (unpaired) electrons. The Hall–Kier alpha value is -2.75. The zero-order chi connectivity index (χ0) is 17.9. The van der Waals surface area contributed by atoms with Crippen molar-refractivity contribution >= 4 is 28.5 Å². The Balaban J connectivity index is 1.57. The van der Waals surface area contributed by atoms with E-state index in [2.05, 4.69) is 39.1 Å². The zero-order valence-electron chi connectivity index (χ0n) is 15.2. The molecule has 1 aliphatic heterocycles. The van der Waals surface area contributed by atoms with Gasteiger partial charge in [0, 0.05) is 35.9 Å². The number of nitrogens with zero attached hydrogens (tertiary/aromatic N) is 2. The number of anilines is 1. The van der Waals surface area contributed by atoms with Crippen molar-refractivity contribution in [2.45, 2.75) is 32.6 Å². The second kappa shape index (κ2) is 7.24. The highest BCUT2D eigenvalue weighted by molar-refractivity contribution is 6.04. The summed E-state index contributed by atoms with van der Waals surface area (Å²) in [5.74, 6) is 0.166. The number of aromatic nitrogens is 1. The largest absolute Gasteiger partial charge is 0.494 e. The van der Waals surface area contributed by atoms with E-state index < -0.39 is 0 Å². The Kier molecular flexibility index (Phi) is 4.65. The minimum atomic E-state index is 0.166. The van der Waals surface area contributed by atoms with Crippen LogP contribution in [0.25, 0.3) is 10.9 Å². The molecule has 4 heteroatoms. The van der Waals surface area contributed by atoms with Crippen molar-refractivity contribution in [3.63, 3.8) is 0 Å². The molecule has 1 fully saturated rings. The zero-order valence-corrected chi connectivity index (χ0v) is 15.2. The molecule has 4 nitrogen and oxygen atoms in total. The van der Waals surface area contributed by atoms with E-state index in [0.29, 0.717) is 0 Å². The number of hydrogen-bond acceptors (Lipinski definition) is 3. The molecule has 1 saturated heterocycles. The summed E-state index contributed by atoms with van der Waals surface area (Å²) in [6.07, 6.45) is 6.99. The van der Waals surface area contributed by atoms with Gasteiger partial charge >= 0.3 is 0 Å². The summed E-state index contributed by atoms with van der Waals surface area (Å²) in [4.78, 5) is 10.1. The molecule has 2 aromatic carbocycles. The van der Waals surface area contributed by atoms with Gasteiger partial charge in [-0.25, -0.2) is 0 Å². The first kappa shape index (κ1) is 16.7. The van der Waals surface area contributed by atoms with Crippen molar-refractivity contribution in [3.8, 4) is 5.88 Å². The highest BCUT2D eigenvalue weighted by atomic mass is 16.3. The third-order valence-corrected chi connectivity index (χ3v) is 5.21. The van der Waals surface area contributed by atoms with Crippen LogP contribution in [0.5, 0.6) is 5.88 Å². The number of nitrogens with one attached hydrogen (secondary N) is 1. The molecule has 0 saturated carbocycles. The lowest BCUT2D eigenvalue weighted by molar-refractivity contribution is 0.457. The fraction of sp³-hybridized carbons (Fsp3) is 0.318. The number of aryl methyl sites for hydroxylation is 1. The minimum Gasteiger partial charge on any atom is -0.494 e. The molecule has 1 aliphatic rings. The molecule has 1 aromatic heterocycles. The molecule has 0 aliphatic carbocycles. The van der Waals surface area contributed by atoms with Crippen molar-refractivity contribution in [2.75, 3.05) is 18.0 Å². The lowest BCUT2D eigenvalue weighted by atomic mass is 10.1. The van der Waals surface area contributed by atoms with Crippen molar-refractivity contribution in [1.82, 2.24) is 4.98 Å². The van der Waals surface area contributed by atoms with E-state index in [1.165, 1.54) is 31.4 Å². The van der Waals surface area contributed by atoms with Gasteiger partial charge in [0.05, 0.1) is 11.3 Å². The summed E-state index contributed by atoms with van der Waals surface area (Å²) >= 11 is 0. The summed E-state index contributed by atoms with van der Waals surface area (Å²) < 4.78 is 0. The Labute approximate surface area is 154 Å². The van der Waals surface area contributed by atoms with Gasteiger partial charge in [-0.05, 0) is 55.7 Å². The summed E-state index contributed by atoms with van der Waals surface area (Å²) in [6.45, 7) is 4.33. The monoisotopic (exact) mass is 347 g/mol. The fourth-order valence-electron chi connectivity index (χ4n) is 3.79. The maximum absolute atomic E-state index is 10.2. The van der Waals surface area contributed by atoms with Gasteiger partial charge < -0.3 is 15.0 Å². The molecule has 2 heterocycles. The van der Waals surface area contributed by atoms with Crippen molar-refractivity contribution in [3.05, 3.63) is 53.6 Å². The van der Waals surface area contributed by atoms with E-state index in [9.17, 15) is 5.11 Å². The lowest BCUT2D eigenvalue weighted by Crippen LogP contribution is -2.23. The van der Waals surface area contributed by atoms with Crippen LogP contribution in [0.15, 0.2) is 47.5 Å². The van der Waals surface area contributed by atoms with Crippen molar-refractivity contribution < 1.29 is 5.11 Å². The predicted molar refractivity (Wildman–Crippen MR) is 109 cm³/mol. The van der Waals surface area contributed by atoms with Crippen LogP contribution in [0.4, 0.5) is 11.4 Å². The first-order chi connectivity index (χ1) is 12.7. The van der Waals surface area contributed by atoms with Crippen LogP contribution < -0.4 is 4.90 Å². The average molecular weight is 347 g/mol. The summed E-state index contributed by atoms with van der Waals surface area (Å²) in [7, 11) is 0. The average Bonchev–Trinajstić information content (AvgIpc) is 2.82. The second-order valence-electron chi connectivity index (χ2n) is 7.06. The molecule has 4 rings (SSSR count). The second-order valence-corrected chi connectivity index (χ2v) is 7.06. The topological polar surface area (TPSA) is 51.6 Å². The Morgan fingerprint density at radius 2 is 1.73 bits per heavy atom. The predicted octanol–water partition coefficient (Wildman–Crippen LogP) is 5.31. The molecule has 2 N–H and O–H groups in total. The minimum absolute atomic E-state index is 0.166. The molecule has 0 atom stereocenters. The van der Waals surface area contributed by atoms with Gasteiger partial charge in [0.2, 0.25) is 0 Å². The van der Waals surface area contributed by atoms with E-state index >= 15 is 0 Å². The van der Waals surface area contributed by atoms with Crippen LogP contribution >= 0.6 is 0 Å². The molecule has 134 valence electrons. The van der Waals surface area contributed by atoms with Gasteiger partial charge in [0.15, 0.2) is 5.88 Å². The molecule has 0 amide bonds. The van der Waals surface area contributed by atoms with Crippen molar-refractivity contribution in [1.29, 1.82) is 0 Å². The number of aromatic hydroxyl groups is 1. The third-order valence-electron chi connectivity index (χ3n) is 5.21. The maximum Gasteiger partial charge on any atom is 0.198 e. The highest BCUT2D eigenvalue weighted by Gasteiger charge is 2.11. The van der Waals surface area contributed by atoms with Gasteiger partial charge in [0.1, 0.15) is 0 Å². The summed E-state index contributed by atoms with van der Waals surface area (Å²) in [5.41, 5.74) is 4.97. The number of rotatable bonds is 3. The molecular weight excluding hydrogens is 322 g/mol. The van der Waals surface area contributed by atoms with Crippen molar-refractivity contribution in [2.24, 2.45) is 4.99 Å². The van der Waals surface area contributed by atoms with Gasteiger partial charge in [-0.15, -0.1) is 0 Å². The fourth-order valence-corrected chi connectivity index (χ4v) is 3.79. The van der Waals surface area contributed by atoms with Gasteiger partial charge in [-0.3, -0.25) is 4.99 Å². The molecule has 0 bridgehead atoms. The number of H-pyrrole nitrogens is 1. The molecule has 0 spiro atoms. The van der Waals surface area contributed by atoms with Gasteiger partial charge in [0.25, 0.3) is 0 Å². The maximum atomic E-state index is 10.2. The molecular formula is C22H25N3O. The van der Waals surface area contributed by atoms with Crippen LogP contribution in [-0.4, -0.2) is 29.4 Å². The molecule has 0 unspecified atom stereocenters. The molecule has 26 heavy (non-hydrogen) atoms. The summed E-state index contributed by atoms with van der Waals surface area (Å²) in [6, 6.07) is 14.4. The van der Waals surface area contributed by atoms with E-state index in [4.69, 9.17) is 0 Å². The highest BCUT2D eigenvalue weighted by Crippen LogP contribution is 2.29. The van der Waals surface area contributed by atoms with Crippen LogP contribution in [0.2, 0.25) is 0 Å². The SMILES string of the molecule is Cc1cccc2[nH]c(O)c(C=Nc3ccc(N4CCCCCC4)cc3)c12. The van der Waals surface area contributed by atoms with E-state index in [-0.39, 0.29) is 5.88 Å². The van der Waals surface area contributed by atoms with Crippen LogP contribution in [0.3, 0.4) is 0 Å². The van der Waals surface area contributed by atoms with E-state index in [1.807, 2.05) is 25.1 Å². The lowest BCUT2D eigenvalue weighted by Gasteiger charge is -2.22. The first-order valence-electron chi connectivity index (χ1n) is 9.42. The molecule has 3 aromatic rings. The normalized spacial score (nSPS) is 15.7. The first-order valence-corrected chi connectivity index (χ1v) is 9.42. The third kappa shape index (κ3) is 3.32. The Morgan fingerprint density at radius 3 is 2.46 bits per heavy atom. The number of aliphatic imine (C=N–C) groups is 1. The number of hydrogen-bond donors (Lipinski definition) is 2. The van der Waals surface area contributed by atoms with Gasteiger partial charge in [-0.1, -0.05) is 25.0 Å². The van der Waals surface area contributed by atoms with E-state index in [0.717, 1.165) is 40.8 Å².